The van der Waals surface area contributed by atoms with Crippen molar-refractivity contribution in [2.45, 2.75) is 0 Å². The summed E-state index contributed by atoms with van der Waals surface area (Å²) in [5.74, 6) is -0.701. The van der Waals surface area contributed by atoms with Crippen molar-refractivity contribution in [3.05, 3.63) is 94.0 Å². The van der Waals surface area contributed by atoms with Crippen LogP contribution < -0.4 is 9.47 Å². The third-order valence-corrected chi connectivity index (χ3v) is 3.92. The Bertz CT molecular complexity index is 856. The summed E-state index contributed by atoms with van der Waals surface area (Å²) in [6.45, 7) is 0. The minimum atomic E-state index is -0.670. The SMILES string of the molecule is O=C(Oc1ccc(Cl)cc1)c1ccccc1C(=O)Oc1ccc(Cl)cc1. The van der Waals surface area contributed by atoms with E-state index >= 15 is 0 Å². The molecule has 26 heavy (non-hydrogen) atoms. The van der Waals surface area contributed by atoms with Crippen LogP contribution in [0.2, 0.25) is 10.0 Å². The molecule has 4 nitrogen and oxygen atoms in total. The van der Waals surface area contributed by atoms with Crippen molar-refractivity contribution in [3.63, 3.8) is 0 Å². The van der Waals surface area contributed by atoms with Gasteiger partial charge in [-0.25, -0.2) is 9.59 Å². The van der Waals surface area contributed by atoms with Gasteiger partial charge in [0.2, 0.25) is 0 Å². The first-order chi connectivity index (χ1) is 12.5. The molecular formula is C20H12Cl2O4. The molecule has 0 fully saturated rings. The number of hydrogen-bond acceptors (Lipinski definition) is 4. The van der Waals surface area contributed by atoms with Crippen molar-refractivity contribution in [2.24, 2.45) is 0 Å². The highest BCUT2D eigenvalue weighted by Crippen LogP contribution is 2.20. The predicted molar refractivity (Wildman–Crippen MR) is 99.3 cm³/mol. The second-order valence-electron chi connectivity index (χ2n) is 5.23. The number of esters is 2. The van der Waals surface area contributed by atoms with E-state index in [-0.39, 0.29) is 11.1 Å². The lowest BCUT2D eigenvalue weighted by molar-refractivity contribution is 0.0692. The van der Waals surface area contributed by atoms with Crippen molar-refractivity contribution in [3.8, 4) is 11.5 Å². The van der Waals surface area contributed by atoms with E-state index in [0.717, 1.165) is 0 Å². The van der Waals surface area contributed by atoms with E-state index in [0.29, 0.717) is 21.5 Å². The zero-order valence-corrected chi connectivity index (χ0v) is 14.8. The minimum Gasteiger partial charge on any atom is -0.423 e. The summed E-state index contributed by atoms with van der Waals surface area (Å²) in [6.07, 6.45) is 0. The van der Waals surface area contributed by atoms with Crippen molar-refractivity contribution in [1.82, 2.24) is 0 Å². The number of carbonyl (C=O) groups is 2. The molecule has 0 N–H and O–H groups in total. The third-order valence-electron chi connectivity index (χ3n) is 3.42. The van der Waals surface area contributed by atoms with Crippen LogP contribution in [-0.4, -0.2) is 11.9 Å². The summed E-state index contributed by atoms with van der Waals surface area (Å²) in [5.41, 5.74) is 0.197. The molecule has 6 heteroatoms. The molecule has 3 aromatic rings. The van der Waals surface area contributed by atoms with Gasteiger partial charge in [-0.05, 0) is 60.7 Å². The van der Waals surface area contributed by atoms with E-state index in [1.165, 1.54) is 12.1 Å². The van der Waals surface area contributed by atoms with Crippen molar-refractivity contribution < 1.29 is 19.1 Å². The number of rotatable bonds is 4. The third kappa shape index (κ3) is 4.42. The maximum absolute atomic E-state index is 12.4. The zero-order valence-electron chi connectivity index (χ0n) is 13.3. The molecule has 0 heterocycles. The molecule has 3 aromatic carbocycles. The maximum Gasteiger partial charge on any atom is 0.344 e. The number of carbonyl (C=O) groups excluding carboxylic acids is 2. The molecule has 0 saturated heterocycles. The van der Waals surface area contributed by atoms with Crippen LogP contribution in [-0.2, 0) is 0 Å². The lowest BCUT2D eigenvalue weighted by atomic mass is 10.1. The Morgan fingerprint density at radius 3 is 1.27 bits per heavy atom. The molecule has 0 bridgehead atoms. The zero-order chi connectivity index (χ0) is 18.5. The number of hydrogen-bond donors (Lipinski definition) is 0. The smallest absolute Gasteiger partial charge is 0.344 e. The number of ether oxygens (including phenoxy) is 2. The van der Waals surface area contributed by atoms with Gasteiger partial charge in [0, 0.05) is 10.0 Å². The van der Waals surface area contributed by atoms with Gasteiger partial charge in [0.25, 0.3) is 0 Å². The normalized spacial score (nSPS) is 10.2. The molecule has 0 aliphatic rings. The Balaban J connectivity index is 1.80. The van der Waals surface area contributed by atoms with E-state index in [2.05, 4.69) is 0 Å². The molecule has 0 amide bonds. The molecule has 3 rings (SSSR count). The highest BCUT2D eigenvalue weighted by molar-refractivity contribution is 6.30. The lowest BCUT2D eigenvalue weighted by Crippen LogP contribution is -2.17. The quantitative estimate of drug-likeness (QED) is 0.442. The Morgan fingerprint density at radius 1 is 0.577 bits per heavy atom. The molecule has 0 atom stereocenters. The van der Waals surface area contributed by atoms with Crippen LogP contribution in [0, 0.1) is 0 Å². The molecule has 0 saturated carbocycles. The van der Waals surface area contributed by atoms with Gasteiger partial charge in [-0.1, -0.05) is 35.3 Å². The van der Waals surface area contributed by atoms with Crippen LogP contribution in [0.25, 0.3) is 0 Å². The molecule has 0 aliphatic carbocycles. The second-order valence-corrected chi connectivity index (χ2v) is 6.11. The molecule has 0 unspecified atom stereocenters. The van der Waals surface area contributed by atoms with Crippen LogP contribution in [0.15, 0.2) is 72.8 Å². The summed E-state index contributed by atoms with van der Waals surface area (Å²) >= 11 is 11.6. The van der Waals surface area contributed by atoms with Gasteiger partial charge >= 0.3 is 11.9 Å². The number of benzene rings is 3. The molecule has 0 aromatic heterocycles. The first kappa shape index (κ1) is 18.0. The van der Waals surface area contributed by atoms with Gasteiger partial charge in [0.1, 0.15) is 11.5 Å². The van der Waals surface area contributed by atoms with Crippen LogP contribution >= 0.6 is 23.2 Å². The maximum atomic E-state index is 12.4. The van der Waals surface area contributed by atoms with E-state index in [4.69, 9.17) is 32.7 Å². The van der Waals surface area contributed by atoms with Crippen molar-refractivity contribution >= 4 is 35.1 Å². The molecule has 130 valence electrons. The van der Waals surface area contributed by atoms with Crippen LogP contribution in [0.5, 0.6) is 11.5 Å². The fraction of sp³-hybridized carbons (Fsp3) is 0. The molecule has 0 radical (unpaired) electrons. The topological polar surface area (TPSA) is 52.6 Å². The Hall–Kier alpha value is -2.82. The monoisotopic (exact) mass is 386 g/mol. The summed E-state index contributed by atoms with van der Waals surface area (Å²) in [7, 11) is 0. The Morgan fingerprint density at radius 2 is 0.923 bits per heavy atom. The average molecular weight is 387 g/mol. The minimum absolute atomic E-state index is 0.0985. The van der Waals surface area contributed by atoms with E-state index in [1.54, 1.807) is 60.7 Å². The largest absolute Gasteiger partial charge is 0.423 e. The van der Waals surface area contributed by atoms with Gasteiger partial charge in [-0.15, -0.1) is 0 Å². The first-order valence-electron chi connectivity index (χ1n) is 7.57. The highest BCUT2D eigenvalue weighted by atomic mass is 35.5. The van der Waals surface area contributed by atoms with Crippen molar-refractivity contribution in [2.75, 3.05) is 0 Å². The summed E-state index contributed by atoms with van der Waals surface area (Å²) < 4.78 is 10.6. The van der Waals surface area contributed by atoms with Gasteiger partial charge in [0.05, 0.1) is 11.1 Å². The summed E-state index contributed by atoms with van der Waals surface area (Å²) in [4.78, 5) is 24.9. The van der Waals surface area contributed by atoms with Crippen molar-refractivity contribution in [1.29, 1.82) is 0 Å². The van der Waals surface area contributed by atoms with Crippen LogP contribution in [0.1, 0.15) is 20.7 Å². The van der Waals surface area contributed by atoms with E-state index in [1.807, 2.05) is 0 Å². The number of halogens is 2. The fourth-order valence-corrected chi connectivity index (χ4v) is 2.42. The Labute approximate surface area is 159 Å². The van der Waals surface area contributed by atoms with Crippen LogP contribution in [0.4, 0.5) is 0 Å². The summed E-state index contributed by atoms with van der Waals surface area (Å²) in [6, 6.07) is 18.9. The van der Waals surface area contributed by atoms with Gasteiger partial charge in [0.15, 0.2) is 0 Å². The first-order valence-corrected chi connectivity index (χ1v) is 8.33. The second kappa shape index (κ2) is 8.04. The van der Waals surface area contributed by atoms with Crippen LogP contribution in [0.3, 0.4) is 0 Å². The average Bonchev–Trinajstić information content (AvgIpc) is 2.65. The van der Waals surface area contributed by atoms with E-state index < -0.39 is 11.9 Å². The highest BCUT2D eigenvalue weighted by Gasteiger charge is 2.20. The lowest BCUT2D eigenvalue weighted by Gasteiger charge is -2.09. The van der Waals surface area contributed by atoms with Gasteiger partial charge in [-0.2, -0.15) is 0 Å². The molecule has 0 aliphatic heterocycles. The molecular weight excluding hydrogens is 375 g/mol. The fourth-order valence-electron chi connectivity index (χ4n) is 2.17. The van der Waals surface area contributed by atoms with Gasteiger partial charge < -0.3 is 9.47 Å². The summed E-state index contributed by atoms with van der Waals surface area (Å²) in [5, 5.41) is 1.05. The Kier molecular flexibility index (Phi) is 5.56. The van der Waals surface area contributed by atoms with Gasteiger partial charge in [-0.3, -0.25) is 0 Å². The standard InChI is InChI=1S/C20H12Cl2O4/c21-13-5-9-15(10-6-13)25-19(23)17-3-1-2-4-18(17)20(24)26-16-11-7-14(22)8-12-16/h1-12H. The molecule has 0 spiro atoms. The van der Waals surface area contributed by atoms with E-state index in [9.17, 15) is 9.59 Å². The predicted octanol–water partition coefficient (Wildman–Crippen LogP) is 5.43.